The van der Waals surface area contributed by atoms with Crippen molar-refractivity contribution in [3.63, 3.8) is 0 Å². The summed E-state index contributed by atoms with van der Waals surface area (Å²) < 4.78 is 5.45. The largest absolute Gasteiger partial charge is 0.396 e. The Morgan fingerprint density at radius 1 is 1.53 bits per heavy atom. The molecular weight excluding hydrogens is 194 g/mol. The molecule has 0 aliphatic carbocycles. The maximum absolute atomic E-state index is 12.0. The number of aliphatic hydroxyl groups excluding tert-OH is 1. The highest BCUT2D eigenvalue weighted by Gasteiger charge is 2.36. The van der Waals surface area contributed by atoms with Crippen LogP contribution in [0.4, 0.5) is 0 Å². The van der Waals surface area contributed by atoms with E-state index in [0.717, 1.165) is 19.4 Å². The second kappa shape index (κ2) is 4.49. The maximum atomic E-state index is 12.0. The number of hydrogen-bond acceptors (Lipinski definition) is 3. The Hall–Kier alpha value is -0.610. The fourth-order valence-corrected chi connectivity index (χ4v) is 2.37. The van der Waals surface area contributed by atoms with Crippen LogP contribution < -0.4 is 0 Å². The number of hydrogen-bond donors (Lipinski definition) is 1. The van der Waals surface area contributed by atoms with E-state index >= 15 is 0 Å². The van der Waals surface area contributed by atoms with Crippen molar-refractivity contribution in [1.82, 2.24) is 4.90 Å². The third-order valence-electron chi connectivity index (χ3n) is 3.49. The van der Waals surface area contributed by atoms with Crippen LogP contribution in [-0.2, 0) is 9.53 Å². The minimum absolute atomic E-state index is 0.121. The van der Waals surface area contributed by atoms with E-state index in [1.807, 2.05) is 4.90 Å². The van der Waals surface area contributed by atoms with Crippen molar-refractivity contribution in [2.75, 3.05) is 26.3 Å². The van der Waals surface area contributed by atoms with Crippen molar-refractivity contribution in [3.05, 3.63) is 0 Å². The van der Waals surface area contributed by atoms with Gasteiger partial charge in [0.15, 0.2) is 0 Å². The van der Waals surface area contributed by atoms with Gasteiger partial charge in [0.25, 0.3) is 5.91 Å². The van der Waals surface area contributed by atoms with Crippen LogP contribution in [0.2, 0.25) is 0 Å². The standard InChI is InChI=1S/C11H19NO3/c1-8-3-5-15-10(8)11(14)12-4-2-9(6-12)7-13/h8-10,13H,2-7H2,1H3. The highest BCUT2D eigenvalue weighted by molar-refractivity contribution is 5.81. The number of likely N-dealkylation sites (tertiary alicyclic amines) is 1. The van der Waals surface area contributed by atoms with E-state index in [1.165, 1.54) is 0 Å². The van der Waals surface area contributed by atoms with Crippen LogP contribution in [0.1, 0.15) is 19.8 Å². The third-order valence-corrected chi connectivity index (χ3v) is 3.49. The normalized spacial score (nSPS) is 36.1. The van der Waals surface area contributed by atoms with Gasteiger partial charge in [-0.15, -0.1) is 0 Å². The summed E-state index contributed by atoms with van der Waals surface area (Å²) in [6.45, 7) is 4.42. The minimum Gasteiger partial charge on any atom is -0.396 e. The van der Waals surface area contributed by atoms with E-state index in [1.54, 1.807) is 0 Å². The molecule has 0 bridgehead atoms. The lowest BCUT2D eigenvalue weighted by Gasteiger charge is -2.22. The van der Waals surface area contributed by atoms with Crippen molar-refractivity contribution in [2.45, 2.75) is 25.9 Å². The predicted molar refractivity (Wildman–Crippen MR) is 55.3 cm³/mol. The Bertz CT molecular complexity index is 244. The topological polar surface area (TPSA) is 49.8 Å². The molecule has 0 aromatic heterocycles. The van der Waals surface area contributed by atoms with Crippen molar-refractivity contribution >= 4 is 5.91 Å². The van der Waals surface area contributed by atoms with Gasteiger partial charge >= 0.3 is 0 Å². The highest BCUT2D eigenvalue weighted by atomic mass is 16.5. The molecule has 86 valence electrons. The fraction of sp³-hybridized carbons (Fsp3) is 0.909. The quantitative estimate of drug-likeness (QED) is 0.715. The van der Waals surface area contributed by atoms with E-state index in [-0.39, 0.29) is 24.5 Å². The van der Waals surface area contributed by atoms with E-state index < -0.39 is 0 Å². The Kier molecular flexibility index (Phi) is 3.26. The molecule has 1 N–H and O–H groups in total. The molecule has 0 spiro atoms. The summed E-state index contributed by atoms with van der Waals surface area (Å²) >= 11 is 0. The SMILES string of the molecule is CC1CCOC1C(=O)N1CCC(CO)C1. The first-order chi connectivity index (χ1) is 7.22. The fourth-order valence-electron chi connectivity index (χ4n) is 2.37. The Labute approximate surface area is 90.2 Å². The lowest BCUT2D eigenvalue weighted by Crippen LogP contribution is -2.40. The molecule has 3 atom stereocenters. The minimum atomic E-state index is -0.234. The van der Waals surface area contributed by atoms with Crippen LogP contribution in [0.5, 0.6) is 0 Å². The number of ether oxygens (including phenoxy) is 1. The summed E-state index contributed by atoms with van der Waals surface area (Å²) in [5, 5.41) is 9.01. The van der Waals surface area contributed by atoms with Crippen LogP contribution in [0.3, 0.4) is 0 Å². The molecule has 2 heterocycles. The molecule has 15 heavy (non-hydrogen) atoms. The van der Waals surface area contributed by atoms with Crippen molar-refractivity contribution in [3.8, 4) is 0 Å². The number of carbonyl (C=O) groups is 1. The number of rotatable bonds is 2. The van der Waals surface area contributed by atoms with Crippen LogP contribution in [0.15, 0.2) is 0 Å². The number of aliphatic hydroxyl groups is 1. The smallest absolute Gasteiger partial charge is 0.251 e. The van der Waals surface area contributed by atoms with Gasteiger partial charge in [-0.25, -0.2) is 0 Å². The maximum Gasteiger partial charge on any atom is 0.251 e. The molecule has 3 unspecified atom stereocenters. The van der Waals surface area contributed by atoms with Gasteiger partial charge in [0.1, 0.15) is 6.10 Å². The van der Waals surface area contributed by atoms with Gasteiger partial charge in [-0.1, -0.05) is 6.92 Å². The number of carbonyl (C=O) groups excluding carboxylic acids is 1. The summed E-state index contributed by atoms with van der Waals surface area (Å²) in [5.41, 5.74) is 0. The van der Waals surface area contributed by atoms with E-state index in [4.69, 9.17) is 9.84 Å². The van der Waals surface area contributed by atoms with Gasteiger partial charge in [-0.05, 0) is 18.8 Å². The molecule has 0 saturated carbocycles. The Morgan fingerprint density at radius 2 is 2.33 bits per heavy atom. The van der Waals surface area contributed by atoms with Crippen LogP contribution in [-0.4, -0.2) is 48.3 Å². The van der Waals surface area contributed by atoms with Crippen molar-refractivity contribution < 1.29 is 14.6 Å². The first kappa shape index (κ1) is 10.9. The Balaban J connectivity index is 1.91. The van der Waals surface area contributed by atoms with Gasteiger partial charge in [-0.3, -0.25) is 4.79 Å². The summed E-state index contributed by atoms with van der Waals surface area (Å²) in [5.74, 6) is 0.729. The van der Waals surface area contributed by atoms with Crippen LogP contribution in [0, 0.1) is 11.8 Å². The summed E-state index contributed by atoms with van der Waals surface area (Å²) in [4.78, 5) is 13.9. The molecule has 0 aromatic carbocycles. The van der Waals surface area contributed by atoms with Crippen molar-refractivity contribution in [1.29, 1.82) is 0 Å². The molecule has 2 saturated heterocycles. The third kappa shape index (κ3) is 2.16. The lowest BCUT2D eigenvalue weighted by atomic mass is 10.0. The summed E-state index contributed by atoms with van der Waals surface area (Å²) in [6.07, 6.45) is 1.67. The van der Waals surface area contributed by atoms with Crippen molar-refractivity contribution in [2.24, 2.45) is 11.8 Å². The zero-order valence-corrected chi connectivity index (χ0v) is 9.19. The highest BCUT2D eigenvalue weighted by Crippen LogP contribution is 2.24. The van der Waals surface area contributed by atoms with Crippen LogP contribution >= 0.6 is 0 Å². The van der Waals surface area contributed by atoms with E-state index in [0.29, 0.717) is 19.1 Å². The van der Waals surface area contributed by atoms with Gasteiger partial charge in [-0.2, -0.15) is 0 Å². The first-order valence-electron chi connectivity index (χ1n) is 5.73. The first-order valence-corrected chi connectivity index (χ1v) is 5.73. The van der Waals surface area contributed by atoms with Gasteiger partial charge in [0.2, 0.25) is 0 Å². The second-order valence-corrected chi connectivity index (χ2v) is 4.68. The second-order valence-electron chi connectivity index (χ2n) is 4.68. The number of amides is 1. The van der Waals surface area contributed by atoms with Gasteiger partial charge in [0.05, 0.1) is 0 Å². The van der Waals surface area contributed by atoms with Crippen LogP contribution in [0.25, 0.3) is 0 Å². The summed E-state index contributed by atoms with van der Waals surface area (Å²) in [7, 11) is 0. The molecular formula is C11H19NO3. The molecule has 2 fully saturated rings. The van der Waals surface area contributed by atoms with Gasteiger partial charge in [0, 0.05) is 32.2 Å². The molecule has 4 heteroatoms. The Morgan fingerprint density at radius 3 is 2.87 bits per heavy atom. The molecule has 1 amide bonds. The van der Waals surface area contributed by atoms with Gasteiger partial charge < -0.3 is 14.7 Å². The summed E-state index contributed by atoms with van der Waals surface area (Å²) in [6, 6.07) is 0. The molecule has 2 rings (SSSR count). The average Bonchev–Trinajstić information content (AvgIpc) is 2.84. The molecule has 2 aliphatic rings. The molecule has 0 radical (unpaired) electrons. The lowest BCUT2D eigenvalue weighted by molar-refractivity contribution is -0.141. The van der Waals surface area contributed by atoms with E-state index in [2.05, 4.69) is 6.92 Å². The molecule has 2 aliphatic heterocycles. The molecule has 4 nitrogen and oxygen atoms in total. The zero-order valence-electron chi connectivity index (χ0n) is 9.19. The molecule has 0 aromatic rings. The number of nitrogens with zero attached hydrogens (tertiary/aromatic N) is 1. The zero-order chi connectivity index (χ0) is 10.8. The van der Waals surface area contributed by atoms with E-state index in [9.17, 15) is 4.79 Å². The predicted octanol–water partition coefficient (Wildman–Crippen LogP) is 0.252. The average molecular weight is 213 g/mol. The monoisotopic (exact) mass is 213 g/mol.